The molecular weight excluding hydrogens is 363 g/mol. The molecule has 1 atom stereocenters. The Balaban J connectivity index is 1.86. The first-order valence-electron chi connectivity index (χ1n) is 8.90. The molecule has 1 aromatic carbocycles. The number of carbonyl (C=O) groups is 2. The number of nitrogens with one attached hydrogen (secondary N) is 1. The second-order valence-electron chi connectivity index (χ2n) is 6.99. The molecule has 2 N–H and O–H groups in total. The molecule has 2 aliphatic heterocycles. The maximum Gasteiger partial charge on any atom is 0.409 e. The highest BCUT2D eigenvalue weighted by atomic mass is 19.4. The summed E-state index contributed by atoms with van der Waals surface area (Å²) >= 11 is 0. The van der Waals surface area contributed by atoms with Crippen LogP contribution >= 0.6 is 0 Å². The van der Waals surface area contributed by atoms with Crippen LogP contribution in [0.25, 0.3) is 0 Å². The van der Waals surface area contributed by atoms with Crippen LogP contribution in [-0.2, 0) is 9.59 Å². The molecule has 9 heteroatoms. The SMILES string of the molecule is O=C1CC(C(F)(F)F)N(C(=O)CN2CCC(CO)CC2)c2ccccc2N1. The third kappa shape index (κ3) is 4.41. The van der Waals surface area contributed by atoms with Crippen LogP contribution in [0.4, 0.5) is 24.5 Å². The van der Waals surface area contributed by atoms with E-state index in [1.54, 1.807) is 11.0 Å². The summed E-state index contributed by atoms with van der Waals surface area (Å²) in [5.41, 5.74) is 0.252. The normalized spacial score (nSPS) is 22.1. The first kappa shape index (κ1) is 19.6. The summed E-state index contributed by atoms with van der Waals surface area (Å²) in [5, 5.41) is 11.6. The molecule has 1 fully saturated rings. The van der Waals surface area contributed by atoms with E-state index in [1.165, 1.54) is 18.2 Å². The maximum atomic E-state index is 13.7. The Morgan fingerprint density at radius 3 is 2.52 bits per heavy atom. The Kier molecular flexibility index (Phi) is 5.71. The monoisotopic (exact) mass is 385 g/mol. The Hall–Kier alpha value is -2.13. The van der Waals surface area contributed by atoms with Crippen molar-refractivity contribution < 1.29 is 27.9 Å². The number of anilines is 2. The fourth-order valence-corrected chi connectivity index (χ4v) is 3.59. The van der Waals surface area contributed by atoms with Crippen LogP contribution in [0.15, 0.2) is 24.3 Å². The first-order chi connectivity index (χ1) is 12.8. The molecule has 0 saturated carbocycles. The third-order valence-corrected chi connectivity index (χ3v) is 5.10. The topological polar surface area (TPSA) is 72.9 Å². The van der Waals surface area contributed by atoms with Crippen LogP contribution < -0.4 is 10.2 Å². The lowest BCUT2D eigenvalue weighted by Gasteiger charge is -2.35. The second-order valence-corrected chi connectivity index (χ2v) is 6.99. The highest BCUT2D eigenvalue weighted by molar-refractivity contribution is 6.05. The number of amides is 2. The lowest BCUT2D eigenvalue weighted by atomic mass is 9.98. The second kappa shape index (κ2) is 7.85. The minimum absolute atomic E-state index is 0.0564. The number of aliphatic hydroxyl groups excluding tert-OH is 1. The van der Waals surface area contributed by atoms with Gasteiger partial charge in [0.15, 0.2) is 0 Å². The van der Waals surface area contributed by atoms with E-state index in [1.807, 2.05) is 0 Å². The smallest absolute Gasteiger partial charge is 0.396 e. The molecule has 0 aliphatic carbocycles. The molecule has 0 spiro atoms. The molecule has 2 aliphatic rings. The number of para-hydroxylation sites is 2. The van der Waals surface area contributed by atoms with Crippen molar-refractivity contribution in [1.29, 1.82) is 0 Å². The molecule has 27 heavy (non-hydrogen) atoms. The van der Waals surface area contributed by atoms with Crippen LogP contribution in [0.5, 0.6) is 0 Å². The summed E-state index contributed by atoms with van der Waals surface area (Å²) in [6.07, 6.45) is -4.17. The maximum absolute atomic E-state index is 13.7. The summed E-state index contributed by atoms with van der Waals surface area (Å²) in [4.78, 5) is 27.3. The number of alkyl halides is 3. The van der Waals surface area contributed by atoms with Gasteiger partial charge in [0.1, 0.15) is 6.04 Å². The number of aliphatic hydroxyl groups is 1. The molecule has 1 saturated heterocycles. The number of likely N-dealkylation sites (tertiary alicyclic amines) is 1. The lowest BCUT2D eigenvalue weighted by Crippen LogP contribution is -2.53. The van der Waals surface area contributed by atoms with Crippen LogP contribution in [-0.4, -0.2) is 60.3 Å². The van der Waals surface area contributed by atoms with Crippen LogP contribution in [0.3, 0.4) is 0 Å². The highest BCUT2D eigenvalue weighted by Crippen LogP contribution is 2.37. The van der Waals surface area contributed by atoms with Crippen molar-refractivity contribution >= 4 is 23.2 Å². The minimum atomic E-state index is -4.73. The zero-order valence-corrected chi connectivity index (χ0v) is 14.7. The number of piperidine rings is 1. The van der Waals surface area contributed by atoms with E-state index in [-0.39, 0.29) is 30.4 Å². The van der Waals surface area contributed by atoms with Crippen molar-refractivity contribution in [1.82, 2.24) is 4.90 Å². The summed E-state index contributed by atoms with van der Waals surface area (Å²) < 4.78 is 41.0. The fourth-order valence-electron chi connectivity index (χ4n) is 3.59. The number of hydrogen-bond acceptors (Lipinski definition) is 4. The van der Waals surface area contributed by atoms with Crippen molar-refractivity contribution in [2.24, 2.45) is 5.92 Å². The van der Waals surface area contributed by atoms with E-state index in [0.29, 0.717) is 30.8 Å². The van der Waals surface area contributed by atoms with E-state index >= 15 is 0 Å². The number of fused-ring (bicyclic) bond motifs is 1. The van der Waals surface area contributed by atoms with Gasteiger partial charge in [-0.25, -0.2) is 0 Å². The molecule has 0 aromatic heterocycles. The van der Waals surface area contributed by atoms with Gasteiger partial charge in [-0.3, -0.25) is 19.4 Å². The van der Waals surface area contributed by atoms with Crippen molar-refractivity contribution in [3.05, 3.63) is 24.3 Å². The zero-order valence-electron chi connectivity index (χ0n) is 14.7. The summed E-state index contributed by atoms with van der Waals surface area (Å²) in [5.74, 6) is -1.30. The zero-order chi connectivity index (χ0) is 19.6. The third-order valence-electron chi connectivity index (χ3n) is 5.10. The van der Waals surface area contributed by atoms with Gasteiger partial charge in [0.05, 0.1) is 24.3 Å². The molecule has 0 radical (unpaired) electrons. The average Bonchev–Trinajstić information content (AvgIpc) is 2.77. The van der Waals surface area contributed by atoms with Gasteiger partial charge >= 0.3 is 6.18 Å². The van der Waals surface area contributed by atoms with Crippen LogP contribution in [0.1, 0.15) is 19.3 Å². The van der Waals surface area contributed by atoms with Gasteiger partial charge in [0.2, 0.25) is 11.8 Å². The van der Waals surface area contributed by atoms with Gasteiger partial charge in [0, 0.05) is 6.61 Å². The fraction of sp³-hybridized carbons (Fsp3) is 0.556. The standard InChI is InChI=1S/C18H22F3N3O3/c19-18(20,21)15-9-16(26)22-13-3-1-2-4-14(13)24(15)17(27)10-23-7-5-12(11-25)6-8-23/h1-4,12,15,25H,5-11H2,(H,22,26). The van der Waals surface area contributed by atoms with Crippen LogP contribution in [0.2, 0.25) is 0 Å². The van der Waals surface area contributed by atoms with E-state index in [9.17, 15) is 27.9 Å². The number of rotatable bonds is 3. The molecule has 1 aromatic rings. The molecule has 1 unspecified atom stereocenters. The van der Waals surface area contributed by atoms with Gasteiger partial charge in [-0.2, -0.15) is 13.2 Å². The van der Waals surface area contributed by atoms with Crippen molar-refractivity contribution in [2.45, 2.75) is 31.5 Å². The lowest BCUT2D eigenvalue weighted by molar-refractivity contribution is -0.158. The van der Waals surface area contributed by atoms with Crippen molar-refractivity contribution in [2.75, 3.05) is 36.5 Å². The Morgan fingerprint density at radius 2 is 1.89 bits per heavy atom. The van der Waals surface area contributed by atoms with Gasteiger partial charge in [-0.05, 0) is 44.0 Å². The number of halogens is 3. The predicted octanol–water partition coefficient (Wildman–Crippen LogP) is 2.00. The summed E-state index contributed by atoms with van der Waals surface area (Å²) in [6, 6.07) is 3.82. The van der Waals surface area contributed by atoms with E-state index in [2.05, 4.69) is 5.32 Å². The summed E-state index contributed by atoms with van der Waals surface area (Å²) in [7, 11) is 0. The van der Waals surface area contributed by atoms with Gasteiger partial charge in [-0.1, -0.05) is 12.1 Å². The van der Waals surface area contributed by atoms with Gasteiger partial charge < -0.3 is 10.4 Å². The van der Waals surface area contributed by atoms with Gasteiger partial charge in [-0.15, -0.1) is 0 Å². The number of nitrogens with zero attached hydrogens (tertiary/aromatic N) is 2. The molecule has 148 valence electrons. The predicted molar refractivity (Wildman–Crippen MR) is 93.3 cm³/mol. The van der Waals surface area contributed by atoms with Crippen molar-refractivity contribution in [3.63, 3.8) is 0 Å². The molecule has 0 bridgehead atoms. The molecule has 2 heterocycles. The van der Waals surface area contributed by atoms with E-state index in [0.717, 1.165) is 0 Å². The van der Waals surface area contributed by atoms with Crippen LogP contribution in [0, 0.1) is 5.92 Å². The van der Waals surface area contributed by atoms with Crippen molar-refractivity contribution in [3.8, 4) is 0 Å². The van der Waals surface area contributed by atoms with E-state index < -0.39 is 30.5 Å². The number of hydrogen-bond donors (Lipinski definition) is 2. The van der Waals surface area contributed by atoms with Gasteiger partial charge in [0.25, 0.3) is 0 Å². The molecule has 6 nitrogen and oxygen atoms in total. The molecular formula is C18H22F3N3O3. The Bertz CT molecular complexity index is 703. The number of benzene rings is 1. The average molecular weight is 385 g/mol. The molecule has 2 amide bonds. The van der Waals surface area contributed by atoms with E-state index in [4.69, 9.17) is 0 Å². The first-order valence-corrected chi connectivity index (χ1v) is 8.90. The Labute approximate surface area is 154 Å². The quantitative estimate of drug-likeness (QED) is 0.835. The molecule has 3 rings (SSSR count). The highest BCUT2D eigenvalue weighted by Gasteiger charge is 2.49. The number of carbonyl (C=O) groups excluding carboxylic acids is 2. The summed E-state index contributed by atoms with van der Waals surface area (Å²) in [6.45, 7) is 0.999. The largest absolute Gasteiger partial charge is 0.409 e. The minimum Gasteiger partial charge on any atom is -0.396 e. The Morgan fingerprint density at radius 1 is 1.22 bits per heavy atom.